The second kappa shape index (κ2) is 6.78. The number of rotatable bonds is 7. The van der Waals surface area contributed by atoms with Crippen molar-refractivity contribution in [1.29, 1.82) is 0 Å². The summed E-state index contributed by atoms with van der Waals surface area (Å²) in [5.41, 5.74) is -0.212. The molecule has 2 amide bonds. The van der Waals surface area contributed by atoms with Gasteiger partial charge in [0.25, 0.3) is 0 Å². The normalized spacial score (nSPS) is 18.3. The zero-order valence-corrected chi connectivity index (χ0v) is 12.2. The molecule has 110 valence electrons. The van der Waals surface area contributed by atoms with Gasteiger partial charge in [-0.25, -0.2) is 4.79 Å². The van der Waals surface area contributed by atoms with Crippen LogP contribution in [0.25, 0.3) is 0 Å². The van der Waals surface area contributed by atoms with E-state index < -0.39 is 5.97 Å². The molecule has 0 saturated heterocycles. The number of urea groups is 1. The van der Waals surface area contributed by atoms with Gasteiger partial charge in [-0.05, 0) is 38.5 Å². The van der Waals surface area contributed by atoms with Crippen LogP contribution in [0, 0.1) is 5.41 Å². The molecule has 1 aliphatic rings. The van der Waals surface area contributed by atoms with Gasteiger partial charge in [-0.15, -0.1) is 0 Å². The van der Waals surface area contributed by atoms with E-state index >= 15 is 0 Å². The van der Waals surface area contributed by atoms with E-state index in [1.54, 1.807) is 4.90 Å². The molecule has 1 aliphatic carbocycles. The highest BCUT2D eigenvalue weighted by Gasteiger charge is 2.39. The maximum atomic E-state index is 12.1. The Bertz CT molecular complexity index is 327. The molecule has 0 radical (unpaired) electrons. The molecule has 0 aromatic carbocycles. The summed E-state index contributed by atoms with van der Waals surface area (Å²) < 4.78 is 0. The molecule has 1 atom stereocenters. The van der Waals surface area contributed by atoms with Crippen molar-refractivity contribution in [2.75, 3.05) is 13.1 Å². The Labute approximate surface area is 115 Å². The summed E-state index contributed by atoms with van der Waals surface area (Å²) >= 11 is 0. The van der Waals surface area contributed by atoms with Crippen LogP contribution >= 0.6 is 0 Å². The highest BCUT2D eigenvalue weighted by atomic mass is 16.4. The summed E-state index contributed by atoms with van der Waals surface area (Å²) in [5.74, 6) is -0.775. The second-order valence-corrected chi connectivity index (χ2v) is 5.63. The van der Waals surface area contributed by atoms with Gasteiger partial charge in [0.05, 0.1) is 6.42 Å². The largest absolute Gasteiger partial charge is 0.481 e. The monoisotopic (exact) mass is 270 g/mol. The van der Waals surface area contributed by atoms with Crippen molar-refractivity contribution in [3.8, 4) is 0 Å². The molecule has 1 saturated carbocycles. The summed E-state index contributed by atoms with van der Waals surface area (Å²) in [6.07, 6.45) is 3.93. The molecule has 0 aromatic heterocycles. The lowest BCUT2D eigenvalue weighted by atomic mass is 9.66. The lowest BCUT2D eigenvalue weighted by molar-refractivity contribution is -0.141. The quantitative estimate of drug-likeness (QED) is 0.746. The smallest absolute Gasteiger partial charge is 0.317 e. The average Bonchev–Trinajstić information content (AvgIpc) is 2.32. The Hall–Kier alpha value is -1.26. The zero-order valence-electron chi connectivity index (χ0n) is 12.2. The molecule has 5 nitrogen and oxygen atoms in total. The van der Waals surface area contributed by atoms with Gasteiger partial charge in [0.2, 0.25) is 0 Å². The van der Waals surface area contributed by atoms with Gasteiger partial charge in [0.15, 0.2) is 0 Å². The molecule has 0 bridgehead atoms. The van der Waals surface area contributed by atoms with Crippen LogP contribution in [0.5, 0.6) is 0 Å². The second-order valence-electron chi connectivity index (χ2n) is 5.63. The number of nitrogens with zero attached hydrogens (tertiary/aromatic N) is 1. The molecule has 1 unspecified atom stereocenters. The fourth-order valence-corrected chi connectivity index (χ4v) is 2.65. The number of amides is 2. The van der Waals surface area contributed by atoms with Gasteiger partial charge < -0.3 is 15.3 Å². The predicted octanol–water partition coefficient (Wildman–Crippen LogP) is 2.46. The summed E-state index contributed by atoms with van der Waals surface area (Å²) in [6.45, 7) is 7.19. The van der Waals surface area contributed by atoms with Crippen LogP contribution in [0.4, 0.5) is 4.79 Å². The average molecular weight is 270 g/mol. The predicted molar refractivity (Wildman–Crippen MR) is 74.1 cm³/mol. The first-order chi connectivity index (χ1) is 8.94. The van der Waals surface area contributed by atoms with Crippen molar-refractivity contribution in [2.45, 2.75) is 58.9 Å². The van der Waals surface area contributed by atoms with E-state index in [1.807, 2.05) is 13.8 Å². The summed E-state index contributed by atoms with van der Waals surface area (Å²) in [6, 6.07) is 0.135. The van der Waals surface area contributed by atoms with E-state index in [9.17, 15) is 9.59 Å². The Morgan fingerprint density at radius 3 is 2.37 bits per heavy atom. The zero-order chi connectivity index (χ0) is 14.5. The molecule has 0 aromatic rings. The van der Waals surface area contributed by atoms with Crippen LogP contribution < -0.4 is 5.32 Å². The maximum Gasteiger partial charge on any atom is 0.317 e. The van der Waals surface area contributed by atoms with Gasteiger partial charge in [-0.2, -0.15) is 0 Å². The van der Waals surface area contributed by atoms with Crippen molar-refractivity contribution in [3.05, 3.63) is 0 Å². The first-order valence-electron chi connectivity index (χ1n) is 7.20. The van der Waals surface area contributed by atoms with Crippen LogP contribution in [-0.2, 0) is 4.79 Å². The minimum absolute atomic E-state index is 0.0755. The lowest BCUT2D eigenvalue weighted by Crippen LogP contribution is -2.50. The van der Waals surface area contributed by atoms with Crippen molar-refractivity contribution in [3.63, 3.8) is 0 Å². The molecular formula is C14H26N2O3. The number of carbonyl (C=O) groups is 2. The van der Waals surface area contributed by atoms with Crippen LogP contribution in [0.2, 0.25) is 0 Å². The minimum atomic E-state index is -0.775. The van der Waals surface area contributed by atoms with Crippen molar-refractivity contribution in [2.24, 2.45) is 5.41 Å². The van der Waals surface area contributed by atoms with E-state index in [0.717, 1.165) is 25.7 Å². The lowest BCUT2D eigenvalue weighted by Gasteiger charge is -2.41. The highest BCUT2D eigenvalue weighted by molar-refractivity contribution is 5.74. The fourth-order valence-electron chi connectivity index (χ4n) is 2.65. The van der Waals surface area contributed by atoms with Gasteiger partial charge in [0, 0.05) is 19.1 Å². The van der Waals surface area contributed by atoms with E-state index in [4.69, 9.17) is 5.11 Å². The van der Waals surface area contributed by atoms with Crippen molar-refractivity contribution in [1.82, 2.24) is 10.2 Å². The van der Waals surface area contributed by atoms with E-state index in [1.165, 1.54) is 0 Å². The Kier molecular flexibility index (Phi) is 5.63. The molecule has 2 N–H and O–H groups in total. The number of carboxylic acid groups (broad SMARTS) is 1. The molecular weight excluding hydrogens is 244 g/mol. The summed E-state index contributed by atoms with van der Waals surface area (Å²) in [5, 5.41) is 11.9. The molecule has 0 heterocycles. The topological polar surface area (TPSA) is 69.6 Å². The van der Waals surface area contributed by atoms with Gasteiger partial charge in [0.1, 0.15) is 0 Å². The van der Waals surface area contributed by atoms with Crippen molar-refractivity contribution < 1.29 is 14.7 Å². The van der Waals surface area contributed by atoms with E-state index in [0.29, 0.717) is 13.1 Å². The number of hydrogen-bond donors (Lipinski definition) is 2. The highest BCUT2D eigenvalue weighted by Crippen LogP contribution is 2.43. The molecule has 5 heteroatoms. The fraction of sp³-hybridized carbons (Fsp3) is 0.857. The summed E-state index contributed by atoms with van der Waals surface area (Å²) in [7, 11) is 0. The Morgan fingerprint density at radius 1 is 1.37 bits per heavy atom. The Morgan fingerprint density at radius 2 is 2.00 bits per heavy atom. The standard InChI is InChI=1S/C14H26N2O3/c1-4-11(3)16(5-2)13(19)15-10-14(7-6-8-14)9-12(17)18/h11H,4-10H2,1-3H3,(H,15,19)(H,17,18). The summed E-state index contributed by atoms with van der Waals surface area (Å²) in [4.78, 5) is 24.8. The van der Waals surface area contributed by atoms with Gasteiger partial charge in [-0.3, -0.25) is 4.79 Å². The third-order valence-electron chi connectivity index (χ3n) is 4.28. The van der Waals surface area contributed by atoms with Crippen LogP contribution in [0.15, 0.2) is 0 Å². The van der Waals surface area contributed by atoms with Gasteiger partial charge >= 0.3 is 12.0 Å². The minimum Gasteiger partial charge on any atom is -0.481 e. The Balaban J connectivity index is 2.50. The third kappa shape index (κ3) is 4.11. The van der Waals surface area contributed by atoms with Crippen molar-refractivity contribution >= 4 is 12.0 Å². The van der Waals surface area contributed by atoms with Crippen LogP contribution in [0.1, 0.15) is 52.9 Å². The number of carbonyl (C=O) groups excluding carboxylic acids is 1. The van der Waals surface area contributed by atoms with E-state index in [2.05, 4.69) is 12.2 Å². The molecule has 1 fully saturated rings. The number of carboxylic acids is 1. The molecule has 0 aliphatic heterocycles. The van der Waals surface area contributed by atoms with Crippen LogP contribution in [0.3, 0.4) is 0 Å². The maximum absolute atomic E-state index is 12.1. The first kappa shape index (κ1) is 15.8. The molecule has 1 rings (SSSR count). The number of aliphatic carboxylic acids is 1. The number of hydrogen-bond acceptors (Lipinski definition) is 2. The number of nitrogens with one attached hydrogen (secondary N) is 1. The van der Waals surface area contributed by atoms with E-state index in [-0.39, 0.29) is 23.9 Å². The third-order valence-corrected chi connectivity index (χ3v) is 4.28. The first-order valence-corrected chi connectivity index (χ1v) is 7.20. The SMILES string of the molecule is CCC(C)N(CC)C(=O)NCC1(CC(=O)O)CCC1. The molecule has 19 heavy (non-hydrogen) atoms. The van der Waals surface area contributed by atoms with Gasteiger partial charge in [-0.1, -0.05) is 13.3 Å². The molecule has 0 spiro atoms. The van der Waals surface area contributed by atoms with Crippen LogP contribution in [-0.4, -0.2) is 41.1 Å².